The number of ether oxygens (including phenoxy) is 1. The molecular weight excluding hydrogens is 356 g/mol. The van der Waals surface area contributed by atoms with E-state index in [9.17, 15) is 13.6 Å². The van der Waals surface area contributed by atoms with Gasteiger partial charge in [0.1, 0.15) is 5.69 Å². The van der Waals surface area contributed by atoms with E-state index >= 15 is 0 Å². The van der Waals surface area contributed by atoms with E-state index in [1.165, 1.54) is 11.3 Å². The van der Waals surface area contributed by atoms with Gasteiger partial charge in [0.15, 0.2) is 5.69 Å². The Kier molecular flexibility index (Phi) is 4.81. The van der Waals surface area contributed by atoms with Crippen LogP contribution in [0.4, 0.5) is 8.78 Å². The summed E-state index contributed by atoms with van der Waals surface area (Å²) >= 11 is 4.73. The number of carbonyl (C=O) groups excluding carboxylic acids is 1. The van der Waals surface area contributed by atoms with Crippen LogP contribution < -0.4 is 0 Å². The van der Waals surface area contributed by atoms with Crippen molar-refractivity contribution in [2.75, 3.05) is 6.61 Å². The second-order valence-electron chi connectivity index (χ2n) is 3.76. The highest BCUT2D eigenvalue weighted by atomic mass is 79.9. The van der Waals surface area contributed by atoms with E-state index in [2.05, 4.69) is 26.2 Å². The number of nitrogens with zero attached hydrogens (tertiary/aromatic N) is 3. The molecule has 0 aromatic carbocycles. The highest BCUT2D eigenvalue weighted by Crippen LogP contribution is 2.25. The van der Waals surface area contributed by atoms with Gasteiger partial charge in [0.25, 0.3) is 6.43 Å². The molecule has 0 N–H and O–H groups in total. The summed E-state index contributed by atoms with van der Waals surface area (Å²) in [6.07, 6.45) is -2.86. The molecule has 0 unspecified atom stereocenters. The molecule has 108 valence electrons. The summed E-state index contributed by atoms with van der Waals surface area (Å²) in [6.45, 7) is 1.80. The number of esters is 1. The lowest BCUT2D eigenvalue weighted by Gasteiger charge is -2.05. The monoisotopic (exact) mass is 365 g/mol. The van der Waals surface area contributed by atoms with Gasteiger partial charge in [-0.3, -0.25) is 0 Å². The fraction of sp³-hybridized carbons (Fsp3) is 0.364. The summed E-state index contributed by atoms with van der Waals surface area (Å²) in [5.41, 5.74) is -0.161. The Labute approximate surface area is 125 Å². The quantitative estimate of drug-likeness (QED) is 0.763. The number of rotatable bonds is 5. The zero-order valence-electron chi connectivity index (χ0n) is 10.3. The van der Waals surface area contributed by atoms with Crippen molar-refractivity contribution in [2.45, 2.75) is 19.9 Å². The topological polar surface area (TPSA) is 57.0 Å². The number of thiophene rings is 1. The van der Waals surface area contributed by atoms with Gasteiger partial charge in [-0.25, -0.2) is 18.3 Å². The molecule has 0 amide bonds. The number of aromatic nitrogens is 3. The molecular formula is C11H10BrF2N3O2S. The lowest BCUT2D eigenvalue weighted by molar-refractivity contribution is 0.0506. The number of carbonyl (C=O) groups is 1. The minimum Gasteiger partial charge on any atom is -0.461 e. The van der Waals surface area contributed by atoms with Crippen LogP contribution in [0.3, 0.4) is 0 Å². The number of halogens is 3. The molecule has 0 aliphatic carbocycles. The molecule has 0 atom stereocenters. The zero-order valence-corrected chi connectivity index (χ0v) is 12.7. The van der Waals surface area contributed by atoms with E-state index in [-0.39, 0.29) is 13.2 Å². The molecule has 2 heterocycles. The van der Waals surface area contributed by atoms with Crippen LogP contribution in [0.5, 0.6) is 0 Å². The maximum Gasteiger partial charge on any atom is 0.361 e. The molecule has 5 nitrogen and oxygen atoms in total. The molecule has 0 spiro atoms. The zero-order chi connectivity index (χ0) is 14.7. The average molecular weight is 366 g/mol. The number of alkyl halides is 2. The second-order valence-corrected chi connectivity index (χ2v) is 6.05. The van der Waals surface area contributed by atoms with Crippen LogP contribution in [0.2, 0.25) is 0 Å². The highest BCUT2D eigenvalue weighted by molar-refractivity contribution is 9.11. The van der Waals surface area contributed by atoms with Gasteiger partial charge in [-0.1, -0.05) is 5.21 Å². The average Bonchev–Trinajstić information content (AvgIpc) is 2.96. The Morgan fingerprint density at radius 1 is 1.60 bits per heavy atom. The summed E-state index contributed by atoms with van der Waals surface area (Å²) in [6, 6.07) is 1.80. The Hall–Kier alpha value is -1.35. The van der Waals surface area contributed by atoms with Crippen molar-refractivity contribution in [3.05, 3.63) is 32.2 Å². The van der Waals surface area contributed by atoms with Crippen LogP contribution in [0, 0.1) is 0 Å². The minimum absolute atomic E-state index is 0.0891. The molecule has 0 saturated heterocycles. The van der Waals surface area contributed by atoms with Crippen LogP contribution in [0.15, 0.2) is 15.2 Å². The summed E-state index contributed by atoms with van der Waals surface area (Å²) in [5, 5.41) is 8.94. The molecule has 0 radical (unpaired) electrons. The first-order chi connectivity index (χ1) is 9.52. The van der Waals surface area contributed by atoms with Crippen LogP contribution in [-0.2, 0) is 11.3 Å². The summed E-state index contributed by atoms with van der Waals surface area (Å²) in [7, 11) is 0. The van der Waals surface area contributed by atoms with Crippen molar-refractivity contribution < 1.29 is 18.3 Å². The van der Waals surface area contributed by atoms with Gasteiger partial charge in [0.05, 0.1) is 16.9 Å². The molecule has 0 aliphatic heterocycles. The van der Waals surface area contributed by atoms with E-state index in [1.54, 1.807) is 13.0 Å². The molecule has 2 rings (SSSR count). The van der Waals surface area contributed by atoms with Crippen molar-refractivity contribution in [1.82, 2.24) is 15.0 Å². The fourth-order valence-electron chi connectivity index (χ4n) is 1.60. The first kappa shape index (κ1) is 15.0. The SMILES string of the molecule is CCOC(=O)c1nnn(Cc2csc(Br)c2)c1C(F)F. The first-order valence-corrected chi connectivity index (χ1v) is 7.31. The minimum atomic E-state index is -2.86. The van der Waals surface area contributed by atoms with Crippen molar-refractivity contribution in [3.8, 4) is 0 Å². The molecule has 20 heavy (non-hydrogen) atoms. The molecule has 0 fully saturated rings. The third kappa shape index (κ3) is 3.21. The summed E-state index contributed by atoms with van der Waals surface area (Å²) in [5.74, 6) is -0.888. The van der Waals surface area contributed by atoms with E-state index in [0.717, 1.165) is 14.0 Å². The Morgan fingerprint density at radius 3 is 2.90 bits per heavy atom. The van der Waals surface area contributed by atoms with Crippen LogP contribution >= 0.6 is 27.3 Å². The van der Waals surface area contributed by atoms with Crippen LogP contribution in [0.1, 0.15) is 35.1 Å². The second kappa shape index (κ2) is 6.40. The third-order valence-electron chi connectivity index (χ3n) is 2.40. The van der Waals surface area contributed by atoms with Crippen LogP contribution in [-0.4, -0.2) is 27.6 Å². The van der Waals surface area contributed by atoms with Crippen molar-refractivity contribution >= 4 is 33.2 Å². The first-order valence-electron chi connectivity index (χ1n) is 5.64. The van der Waals surface area contributed by atoms with Crippen molar-refractivity contribution in [2.24, 2.45) is 0 Å². The predicted molar refractivity (Wildman–Crippen MR) is 72.1 cm³/mol. The van der Waals surface area contributed by atoms with Gasteiger partial charge in [-0.05, 0) is 39.9 Å². The molecule has 9 heteroatoms. The van der Waals surface area contributed by atoms with Gasteiger partial charge in [0, 0.05) is 0 Å². The van der Waals surface area contributed by atoms with Gasteiger partial charge in [-0.2, -0.15) is 0 Å². The van der Waals surface area contributed by atoms with Crippen LogP contribution in [0.25, 0.3) is 0 Å². The normalized spacial score (nSPS) is 11.1. The number of hydrogen-bond acceptors (Lipinski definition) is 5. The van der Waals surface area contributed by atoms with E-state index in [4.69, 9.17) is 4.74 Å². The highest BCUT2D eigenvalue weighted by Gasteiger charge is 2.27. The van der Waals surface area contributed by atoms with Gasteiger partial charge in [0.2, 0.25) is 0 Å². The largest absolute Gasteiger partial charge is 0.461 e. The number of hydrogen-bond donors (Lipinski definition) is 0. The third-order valence-corrected chi connectivity index (χ3v) is 3.96. The molecule has 2 aromatic rings. The summed E-state index contributed by atoms with van der Waals surface area (Å²) < 4.78 is 32.8. The van der Waals surface area contributed by atoms with Gasteiger partial charge in [-0.15, -0.1) is 16.4 Å². The van der Waals surface area contributed by atoms with Gasteiger partial charge < -0.3 is 4.74 Å². The lowest BCUT2D eigenvalue weighted by atomic mass is 10.3. The van der Waals surface area contributed by atoms with Gasteiger partial charge >= 0.3 is 5.97 Å². The smallest absolute Gasteiger partial charge is 0.361 e. The maximum atomic E-state index is 13.1. The molecule has 2 aromatic heterocycles. The Morgan fingerprint density at radius 2 is 2.35 bits per heavy atom. The summed E-state index contributed by atoms with van der Waals surface area (Å²) in [4.78, 5) is 11.6. The standard InChI is InChI=1S/C11H10BrF2N3O2S/c1-2-19-11(18)8-9(10(13)14)17(16-15-8)4-6-3-7(12)20-5-6/h3,5,10H,2,4H2,1H3. The fourth-order valence-corrected chi connectivity index (χ4v) is 2.80. The van der Waals surface area contributed by atoms with E-state index < -0.39 is 23.8 Å². The Balaban J connectivity index is 2.31. The Bertz CT molecular complexity index is 615. The van der Waals surface area contributed by atoms with Crippen molar-refractivity contribution in [3.63, 3.8) is 0 Å². The van der Waals surface area contributed by atoms with E-state index in [1.807, 2.05) is 5.38 Å². The molecule has 0 saturated carbocycles. The predicted octanol–water partition coefficient (Wildman–Crippen LogP) is 3.26. The lowest BCUT2D eigenvalue weighted by Crippen LogP contribution is -2.12. The molecule has 0 bridgehead atoms. The van der Waals surface area contributed by atoms with Crippen molar-refractivity contribution in [1.29, 1.82) is 0 Å². The maximum absolute atomic E-state index is 13.1. The molecule has 0 aliphatic rings. The van der Waals surface area contributed by atoms with E-state index in [0.29, 0.717) is 0 Å².